The average Bonchev–Trinajstić information content (AvgIpc) is 2.84. The van der Waals surface area contributed by atoms with Gasteiger partial charge in [0.1, 0.15) is 0 Å². The lowest BCUT2D eigenvalue weighted by Crippen LogP contribution is -2.43. The third-order valence-corrected chi connectivity index (χ3v) is 8.59. The van der Waals surface area contributed by atoms with Crippen LogP contribution in [0.15, 0.2) is 27.9 Å². The van der Waals surface area contributed by atoms with E-state index in [0.29, 0.717) is 43.5 Å². The van der Waals surface area contributed by atoms with Crippen LogP contribution in [0.3, 0.4) is 0 Å². The van der Waals surface area contributed by atoms with Crippen LogP contribution in [0, 0.1) is 5.92 Å². The number of carbonyl (C=O) groups is 1. The van der Waals surface area contributed by atoms with E-state index in [4.69, 9.17) is 4.74 Å². The number of piperidine rings is 1. The van der Waals surface area contributed by atoms with Crippen molar-refractivity contribution in [2.24, 2.45) is 5.92 Å². The van der Waals surface area contributed by atoms with Crippen LogP contribution in [0.5, 0.6) is 0 Å². The second-order valence-corrected chi connectivity index (χ2v) is 10.6. The number of benzene rings is 1. The zero-order chi connectivity index (χ0) is 23.6. The largest absolute Gasteiger partial charge is 0.466 e. The number of esters is 1. The van der Waals surface area contributed by atoms with Crippen LogP contribution in [0.4, 0.5) is 0 Å². The highest BCUT2D eigenvalue weighted by atomic mass is 32.2. The third kappa shape index (κ3) is 4.61. The molecule has 1 unspecified atom stereocenters. The Morgan fingerprint density at radius 3 is 2.67 bits per heavy atom. The molecule has 1 atom stereocenters. The lowest BCUT2D eigenvalue weighted by atomic mass is 9.89. The van der Waals surface area contributed by atoms with Gasteiger partial charge in [-0.15, -0.1) is 0 Å². The maximum absolute atomic E-state index is 13.7. The number of hydrogen-bond acceptors (Lipinski definition) is 6. The average molecular weight is 474 g/mol. The Morgan fingerprint density at radius 1 is 1.18 bits per heavy atom. The molecule has 1 aliphatic carbocycles. The molecule has 1 aromatic carbocycles. The van der Waals surface area contributed by atoms with Crippen molar-refractivity contribution in [1.82, 2.24) is 14.5 Å². The molecule has 4 rings (SSSR count). The molecule has 0 radical (unpaired) electrons. The van der Waals surface area contributed by atoms with Crippen molar-refractivity contribution in [3.05, 3.63) is 45.2 Å². The number of ether oxygens (including phenoxy) is 1. The molecule has 0 spiro atoms. The number of carbonyl (C=O) groups excluding carboxylic acids is 1. The number of hydrogen-bond donors (Lipinski definition) is 1. The molecular weight excluding hydrogens is 442 g/mol. The van der Waals surface area contributed by atoms with Gasteiger partial charge in [0.2, 0.25) is 10.0 Å². The minimum absolute atomic E-state index is 0.126. The van der Waals surface area contributed by atoms with Crippen LogP contribution in [0.2, 0.25) is 0 Å². The van der Waals surface area contributed by atoms with Gasteiger partial charge in [0.15, 0.2) is 0 Å². The fraction of sp³-hybridized carbons (Fsp3) is 0.542. The molecule has 1 aromatic heterocycles. The molecule has 1 N–H and O–H groups in total. The van der Waals surface area contributed by atoms with E-state index in [9.17, 15) is 18.0 Å². The van der Waals surface area contributed by atoms with Gasteiger partial charge in [0.05, 0.1) is 23.1 Å². The van der Waals surface area contributed by atoms with E-state index < -0.39 is 15.9 Å². The monoisotopic (exact) mass is 473 g/mol. The summed E-state index contributed by atoms with van der Waals surface area (Å²) in [6, 6.07) is 5.39. The van der Waals surface area contributed by atoms with Crippen molar-refractivity contribution in [3.63, 3.8) is 0 Å². The van der Waals surface area contributed by atoms with Crippen molar-refractivity contribution < 1.29 is 17.9 Å². The summed E-state index contributed by atoms with van der Waals surface area (Å²) in [6.45, 7) is 4.45. The number of aromatic amines is 1. The fourth-order valence-electron chi connectivity index (χ4n) is 4.88. The van der Waals surface area contributed by atoms with Gasteiger partial charge in [-0.25, -0.2) is 13.5 Å². The Balaban J connectivity index is 1.73. The number of sulfonamides is 1. The molecule has 0 amide bonds. The molecule has 2 aromatic rings. The van der Waals surface area contributed by atoms with Crippen LogP contribution in [-0.2, 0) is 38.8 Å². The molecule has 0 bridgehead atoms. The summed E-state index contributed by atoms with van der Waals surface area (Å²) in [5.41, 5.74) is 3.55. The summed E-state index contributed by atoms with van der Waals surface area (Å²) in [5, 5.41) is 6.89. The number of aryl methyl sites for hydroxylation is 1. The predicted molar refractivity (Wildman–Crippen MR) is 124 cm³/mol. The first-order chi connectivity index (χ1) is 15.9. The van der Waals surface area contributed by atoms with Gasteiger partial charge in [0, 0.05) is 24.2 Å². The molecule has 178 valence electrons. The summed E-state index contributed by atoms with van der Waals surface area (Å²) < 4.78 is 34.0. The smallest absolute Gasteiger partial charge is 0.310 e. The topological polar surface area (TPSA) is 109 Å². The number of aromatic nitrogens is 2. The van der Waals surface area contributed by atoms with E-state index in [1.54, 1.807) is 13.0 Å². The fourth-order valence-corrected chi connectivity index (χ4v) is 6.73. The first-order valence-electron chi connectivity index (χ1n) is 11.8. The van der Waals surface area contributed by atoms with Gasteiger partial charge in [0.25, 0.3) is 5.56 Å². The Morgan fingerprint density at radius 2 is 1.94 bits per heavy atom. The summed E-state index contributed by atoms with van der Waals surface area (Å²) in [6.07, 6.45) is 5.20. The van der Waals surface area contributed by atoms with Crippen LogP contribution < -0.4 is 5.56 Å². The van der Waals surface area contributed by atoms with E-state index in [0.717, 1.165) is 36.0 Å². The molecule has 1 fully saturated rings. The highest BCUT2D eigenvalue weighted by Gasteiger charge is 2.35. The lowest BCUT2D eigenvalue weighted by Gasteiger charge is -2.31. The molecule has 1 saturated heterocycles. The molecule has 2 heterocycles. The molecule has 0 saturated carbocycles. The summed E-state index contributed by atoms with van der Waals surface area (Å²) in [7, 11) is -3.82. The van der Waals surface area contributed by atoms with Crippen LogP contribution in [-0.4, -0.2) is 48.6 Å². The van der Waals surface area contributed by atoms with E-state index in [2.05, 4.69) is 10.2 Å². The Bertz CT molecular complexity index is 1210. The maximum atomic E-state index is 13.7. The molecule has 9 heteroatoms. The quantitative estimate of drug-likeness (QED) is 0.646. The standard InChI is InChI=1S/C24H31N3O5S/c1-3-16-11-12-17(22-19-9-5-6-10-20(19)23(28)26-25-22)14-21(16)33(30,31)27-13-7-8-18(15-27)24(29)32-4-2/h11-12,14,18H,3-10,13,15H2,1-2H3,(H,26,28). The summed E-state index contributed by atoms with van der Waals surface area (Å²) in [4.78, 5) is 24.7. The van der Waals surface area contributed by atoms with E-state index >= 15 is 0 Å². The minimum Gasteiger partial charge on any atom is -0.466 e. The zero-order valence-electron chi connectivity index (χ0n) is 19.2. The molecule has 2 aliphatic rings. The Labute approximate surface area is 194 Å². The number of rotatable bonds is 6. The second kappa shape index (κ2) is 9.77. The van der Waals surface area contributed by atoms with Gasteiger partial charge in [-0.3, -0.25) is 9.59 Å². The lowest BCUT2D eigenvalue weighted by molar-refractivity contribution is -0.149. The number of nitrogens with zero attached hydrogens (tertiary/aromatic N) is 2. The predicted octanol–water partition coefficient (Wildman–Crippen LogP) is 2.84. The number of fused-ring (bicyclic) bond motifs is 1. The zero-order valence-corrected chi connectivity index (χ0v) is 20.0. The van der Waals surface area contributed by atoms with Gasteiger partial charge in [-0.05, 0) is 69.1 Å². The van der Waals surface area contributed by atoms with Crippen molar-refractivity contribution in [2.75, 3.05) is 19.7 Å². The highest BCUT2D eigenvalue weighted by molar-refractivity contribution is 7.89. The van der Waals surface area contributed by atoms with Gasteiger partial charge < -0.3 is 4.74 Å². The minimum atomic E-state index is -3.82. The van der Waals surface area contributed by atoms with Gasteiger partial charge >= 0.3 is 5.97 Å². The Hall–Kier alpha value is -2.52. The van der Waals surface area contributed by atoms with Crippen LogP contribution in [0.25, 0.3) is 11.3 Å². The molecule has 1 aliphatic heterocycles. The van der Waals surface area contributed by atoms with Crippen molar-refractivity contribution in [3.8, 4) is 11.3 Å². The first-order valence-corrected chi connectivity index (χ1v) is 13.2. The summed E-state index contributed by atoms with van der Waals surface area (Å²) >= 11 is 0. The third-order valence-electron chi connectivity index (χ3n) is 6.64. The van der Waals surface area contributed by atoms with Gasteiger partial charge in [-0.2, -0.15) is 9.40 Å². The van der Waals surface area contributed by atoms with E-state index in [-0.39, 0.29) is 29.6 Å². The SMILES string of the molecule is CCOC(=O)C1CCCN(S(=O)(=O)c2cc(-c3n[nH]c(=O)c4c3CCCC4)ccc2CC)C1. The summed E-state index contributed by atoms with van der Waals surface area (Å²) in [5.74, 6) is -0.791. The van der Waals surface area contributed by atoms with Crippen molar-refractivity contribution >= 4 is 16.0 Å². The molecule has 33 heavy (non-hydrogen) atoms. The van der Waals surface area contributed by atoms with Crippen LogP contribution >= 0.6 is 0 Å². The van der Waals surface area contributed by atoms with Crippen molar-refractivity contribution in [1.29, 1.82) is 0 Å². The molecular formula is C24H31N3O5S. The maximum Gasteiger partial charge on any atom is 0.310 e. The highest BCUT2D eigenvalue weighted by Crippen LogP contribution is 2.33. The number of nitrogens with one attached hydrogen (secondary N) is 1. The van der Waals surface area contributed by atoms with E-state index in [1.165, 1.54) is 4.31 Å². The van der Waals surface area contributed by atoms with Crippen molar-refractivity contribution in [2.45, 2.75) is 63.7 Å². The van der Waals surface area contributed by atoms with E-state index in [1.807, 2.05) is 19.1 Å². The number of H-pyrrole nitrogens is 1. The normalized spacial score (nSPS) is 19.2. The first kappa shape index (κ1) is 23.6. The second-order valence-electron chi connectivity index (χ2n) is 8.70. The van der Waals surface area contributed by atoms with Crippen LogP contribution in [0.1, 0.15) is 56.2 Å². The Kier molecular flexibility index (Phi) is 6.99. The van der Waals surface area contributed by atoms with Gasteiger partial charge in [-0.1, -0.05) is 19.1 Å². The molecule has 8 nitrogen and oxygen atoms in total.